The molecule has 0 saturated carbocycles. The first-order valence-electron chi connectivity index (χ1n) is 10.5. The summed E-state index contributed by atoms with van der Waals surface area (Å²) in [5, 5.41) is 7.07. The van der Waals surface area contributed by atoms with Crippen molar-refractivity contribution >= 4 is 5.96 Å². The molecule has 1 saturated heterocycles. The van der Waals surface area contributed by atoms with Crippen LogP contribution in [-0.2, 0) is 11.3 Å². The van der Waals surface area contributed by atoms with Gasteiger partial charge in [0.25, 0.3) is 0 Å². The van der Waals surface area contributed by atoms with Gasteiger partial charge in [0.2, 0.25) is 0 Å². The minimum Gasteiger partial charge on any atom is -0.383 e. The van der Waals surface area contributed by atoms with Gasteiger partial charge in [-0.2, -0.15) is 0 Å². The Hall–Kier alpha value is -1.59. The molecule has 0 aromatic heterocycles. The number of rotatable bonds is 10. The van der Waals surface area contributed by atoms with E-state index < -0.39 is 0 Å². The highest BCUT2D eigenvalue weighted by Gasteiger charge is 2.19. The van der Waals surface area contributed by atoms with E-state index in [-0.39, 0.29) is 0 Å². The zero-order valence-electron chi connectivity index (χ0n) is 17.5. The van der Waals surface area contributed by atoms with Crippen molar-refractivity contribution in [2.75, 3.05) is 46.4 Å². The number of hydrogen-bond acceptors (Lipinski definition) is 3. The second kappa shape index (κ2) is 12.7. The minimum atomic E-state index is 0.719. The fourth-order valence-electron chi connectivity index (χ4n) is 3.30. The zero-order valence-corrected chi connectivity index (χ0v) is 17.5. The van der Waals surface area contributed by atoms with Gasteiger partial charge in [-0.15, -0.1) is 0 Å². The van der Waals surface area contributed by atoms with Gasteiger partial charge in [-0.25, -0.2) is 4.99 Å². The largest absolute Gasteiger partial charge is 0.383 e. The van der Waals surface area contributed by atoms with Crippen LogP contribution in [0.25, 0.3) is 0 Å². The summed E-state index contributed by atoms with van der Waals surface area (Å²) in [6.45, 7) is 11.3. The Morgan fingerprint density at radius 2 is 1.93 bits per heavy atom. The molecule has 2 N–H and O–H groups in total. The first kappa shape index (κ1) is 21.7. The van der Waals surface area contributed by atoms with Gasteiger partial charge in [0, 0.05) is 26.7 Å². The van der Waals surface area contributed by atoms with Gasteiger partial charge in [-0.1, -0.05) is 43.2 Å². The highest BCUT2D eigenvalue weighted by atomic mass is 16.5. The van der Waals surface area contributed by atoms with Crippen LogP contribution in [0.4, 0.5) is 0 Å². The van der Waals surface area contributed by atoms with Crippen LogP contribution in [0.15, 0.2) is 29.3 Å². The predicted molar refractivity (Wildman–Crippen MR) is 114 cm³/mol. The van der Waals surface area contributed by atoms with E-state index in [1.807, 2.05) is 0 Å². The van der Waals surface area contributed by atoms with Gasteiger partial charge in [-0.05, 0) is 50.8 Å². The first-order valence-corrected chi connectivity index (χ1v) is 10.5. The van der Waals surface area contributed by atoms with E-state index in [0.717, 1.165) is 44.7 Å². The van der Waals surface area contributed by atoms with Crippen molar-refractivity contribution in [3.8, 4) is 0 Å². The van der Waals surface area contributed by atoms with Crippen LogP contribution in [-0.4, -0.2) is 57.3 Å². The Kier molecular flexibility index (Phi) is 10.2. The van der Waals surface area contributed by atoms with E-state index in [2.05, 4.69) is 53.6 Å². The summed E-state index contributed by atoms with van der Waals surface area (Å²) in [7, 11) is 1.78. The summed E-state index contributed by atoms with van der Waals surface area (Å²) in [6.07, 6.45) is 4.86. The lowest BCUT2D eigenvalue weighted by Gasteiger charge is -2.32. The molecular formula is C22H38N4O. The van der Waals surface area contributed by atoms with Gasteiger partial charge in [0.15, 0.2) is 5.96 Å². The average molecular weight is 375 g/mol. The minimum absolute atomic E-state index is 0.719. The Morgan fingerprint density at radius 1 is 1.19 bits per heavy atom. The van der Waals surface area contributed by atoms with Gasteiger partial charge < -0.3 is 20.3 Å². The van der Waals surface area contributed by atoms with E-state index >= 15 is 0 Å². The van der Waals surface area contributed by atoms with E-state index in [9.17, 15) is 0 Å². The van der Waals surface area contributed by atoms with Crippen molar-refractivity contribution in [1.29, 1.82) is 0 Å². The van der Waals surface area contributed by atoms with Gasteiger partial charge >= 0.3 is 0 Å². The number of aliphatic imine (C=N–C) groups is 1. The Morgan fingerprint density at radius 3 is 2.59 bits per heavy atom. The van der Waals surface area contributed by atoms with Crippen molar-refractivity contribution < 1.29 is 4.74 Å². The van der Waals surface area contributed by atoms with E-state index in [1.54, 1.807) is 7.11 Å². The molecule has 1 aliphatic heterocycles. The molecule has 1 aliphatic rings. The molecule has 0 spiro atoms. The Bertz CT molecular complexity index is 536. The van der Waals surface area contributed by atoms with Crippen LogP contribution >= 0.6 is 0 Å². The van der Waals surface area contributed by atoms with E-state index in [0.29, 0.717) is 0 Å². The average Bonchev–Trinajstić information content (AvgIpc) is 2.70. The third-order valence-corrected chi connectivity index (χ3v) is 5.24. The van der Waals surface area contributed by atoms with Gasteiger partial charge in [-0.3, -0.25) is 0 Å². The van der Waals surface area contributed by atoms with Crippen molar-refractivity contribution in [1.82, 2.24) is 15.5 Å². The summed E-state index contributed by atoms with van der Waals surface area (Å²) in [5.74, 6) is 1.67. The molecule has 0 bridgehead atoms. The summed E-state index contributed by atoms with van der Waals surface area (Å²) in [6, 6.07) is 8.64. The third-order valence-electron chi connectivity index (χ3n) is 5.24. The smallest absolute Gasteiger partial charge is 0.191 e. The molecule has 0 radical (unpaired) electrons. The number of hydrogen-bond donors (Lipinski definition) is 2. The third kappa shape index (κ3) is 8.76. The van der Waals surface area contributed by atoms with Crippen LogP contribution in [0.1, 0.15) is 43.7 Å². The first-order chi connectivity index (χ1) is 13.2. The molecule has 0 amide bonds. The van der Waals surface area contributed by atoms with Crippen LogP contribution < -0.4 is 10.6 Å². The number of ether oxygens (including phenoxy) is 1. The second-order valence-electron chi connectivity index (χ2n) is 7.59. The van der Waals surface area contributed by atoms with Crippen LogP contribution in [0.3, 0.4) is 0 Å². The molecule has 1 aromatic rings. The van der Waals surface area contributed by atoms with Crippen molar-refractivity contribution in [3.05, 3.63) is 35.4 Å². The maximum Gasteiger partial charge on any atom is 0.191 e. The van der Waals surface area contributed by atoms with Gasteiger partial charge in [0.1, 0.15) is 0 Å². The lowest BCUT2D eigenvalue weighted by atomic mass is 9.97. The molecule has 1 heterocycles. The SMILES string of the molecule is CCCCNC(=NCc1ccc(C)cc1)NCC1CCN(CCOC)CC1. The molecule has 1 fully saturated rings. The number of likely N-dealkylation sites (tertiary alicyclic amines) is 1. The molecule has 2 rings (SSSR count). The zero-order chi connectivity index (χ0) is 19.3. The number of methoxy groups -OCH3 is 1. The summed E-state index contributed by atoms with van der Waals surface area (Å²) in [5.41, 5.74) is 2.54. The summed E-state index contributed by atoms with van der Waals surface area (Å²) < 4.78 is 5.19. The maximum atomic E-state index is 5.19. The number of nitrogens with zero attached hydrogens (tertiary/aromatic N) is 2. The van der Waals surface area contributed by atoms with Gasteiger partial charge in [0.05, 0.1) is 13.2 Å². The molecule has 27 heavy (non-hydrogen) atoms. The summed E-state index contributed by atoms with van der Waals surface area (Å²) >= 11 is 0. The molecule has 152 valence electrons. The topological polar surface area (TPSA) is 48.9 Å². The van der Waals surface area contributed by atoms with Crippen molar-refractivity contribution in [3.63, 3.8) is 0 Å². The standard InChI is InChI=1S/C22H38N4O/c1-4-5-12-23-22(24-17-20-8-6-19(2)7-9-20)25-18-21-10-13-26(14-11-21)15-16-27-3/h6-9,21H,4-5,10-18H2,1-3H3,(H2,23,24,25). The van der Waals surface area contributed by atoms with Crippen molar-refractivity contribution in [2.45, 2.75) is 46.1 Å². The number of benzene rings is 1. The maximum absolute atomic E-state index is 5.19. The van der Waals surface area contributed by atoms with E-state index in [4.69, 9.17) is 9.73 Å². The monoisotopic (exact) mass is 374 g/mol. The molecule has 5 heteroatoms. The number of nitrogens with one attached hydrogen (secondary N) is 2. The molecule has 0 unspecified atom stereocenters. The highest BCUT2D eigenvalue weighted by Crippen LogP contribution is 2.16. The predicted octanol–water partition coefficient (Wildman–Crippen LogP) is 3.19. The number of piperidine rings is 1. The number of guanidine groups is 1. The van der Waals surface area contributed by atoms with Crippen LogP contribution in [0.2, 0.25) is 0 Å². The quantitative estimate of drug-likeness (QED) is 0.375. The Balaban J connectivity index is 1.79. The molecule has 0 aliphatic carbocycles. The lowest BCUT2D eigenvalue weighted by Crippen LogP contribution is -2.43. The summed E-state index contributed by atoms with van der Waals surface area (Å²) in [4.78, 5) is 7.31. The second-order valence-corrected chi connectivity index (χ2v) is 7.59. The lowest BCUT2D eigenvalue weighted by molar-refractivity contribution is 0.121. The fourth-order valence-corrected chi connectivity index (χ4v) is 3.30. The highest BCUT2D eigenvalue weighted by molar-refractivity contribution is 5.79. The molecule has 1 aromatic carbocycles. The van der Waals surface area contributed by atoms with E-state index in [1.165, 1.54) is 49.9 Å². The van der Waals surface area contributed by atoms with Crippen LogP contribution in [0.5, 0.6) is 0 Å². The normalized spacial score (nSPS) is 16.5. The number of unbranched alkanes of at least 4 members (excludes halogenated alkanes) is 1. The molecule has 5 nitrogen and oxygen atoms in total. The number of aryl methyl sites for hydroxylation is 1. The van der Waals surface area contributed by atoms with Crippen molar-refractivity contribution in [2.24, 2.45) is 10.9 Å². The van der Waals surface area contributed by atoms with Crippen LogP contribution in [0, 0.1) is 12.8 Å². The fraction of sp³-hybridized carbons (Fsp3) is 0.682. The molecular weight excluding hydrogens is 336 g/mol. The molecule has 0 atom stereocenters. The Labute approximate surface area is 165 Å².